The molecule has 0 spiro atoms. The smallest absolute Gasteiger partial charge is 0.272 e. The summed E-state index contributed by atoms with van der Waals surface area (Å²) in [5.41, 5.74) is 2.38. The van der Waals surface area contributed by atoms with Gasteiger partial charge in [-0.2, -0.15) is 5.10 Å². The second-order valence-electron chi connectivity index (χ2n) is 4.18. The number of hydrazone groups is 1. The van der Waals surface area contributed by atoms with Crippen molar-refractivity contribution in [2.45, 2.75) is 0 Å². The lowest BCUT2D eigenvalue weighted by Crippen LogP contribution is -2.17. The molecule has 0 saturated heterocycles. The van der Waals surface area contributed by atoms with Crippen molar-refractivity contribution in [3.05, 3.63) is 68.7 Å². The number of aromatic hydroxyl groups is 1. The van der Waals surface area contributed by atoms with Crippen molar-refractivity contribution < 1.29 is 14.8 Å². The van der Waals surface area contributed by atoms with Crippen LogP contribution in [-0.4, -0.2) is 22.2 Å². The lowest BCUT2D eigenvalue weighted by atomic mass is 10.2. The Hall–Kier alpha value is -2.93. The van der Waals surface area contributed by atoms with Gasteiger partial charge in [0.25, 0.3) is 11.6 Å². The van der Waals surface area contributed by atoms with Crippen molar-refractivity contribution in [3.8, 4) is 5.75 Å². The van der Waals surface area contributed by atoms with Crippen molar-refractivity contribution in [2.75, 3.05) is 0 Å². The number of phenolic OH excluding ortho intramolecular Hbond substituents is 1. The van der Waals surface area contributed by atoms with Crippen LogP contribution in [-0.2, 0) is 0 Å². The minimum Gasteiger partial charge on any atom is -0.507 e. The number of non-ortho nitro benzene ring substituents is 1. The van der Waals surface area contributed by atoms with E-state index in [4.69, 9.17) is 11.6 Å². The summed E-state index contributed by atoms with van der Waals surface area (Å²) in [6.07, 6.45) is 1.11. The first-order chi connectivity index (χ1) is 10.5. The normalized spacial score (nSPS) is 10.6. The fourth-order valence-electron chi connectivity index (χ4n) is 1.62. The highest BCUT2D eigenvalue weighted by atomic mass is 35.5. The van der Waals surface area contributed by atoms with Crippen molar-refractivity contribution in [3.63, 3.8) is 0 Å². The van der Waals surface area contributed by atoms with Crippen LogP contribution in [0, 0.1) is 10.1 Å². The largest absolute Gasteiger partial charge is 0.507 e. The third-order valence-corrected chi connectivity index (χ3v) is 3.04. The van der Waals surface area contributed by atoms with E-state index in [0.29, 0.717) is 0 Å². The lowest BCUT2D eigenvalue weighted by Gasteiger charge is -2.02. The van der Waals surface area contributed by atoms with Gasteiger partial charge in [-0.1, -0.05) is 23.7 Å². The van der Waals surface area contributed by atoms with Gasteiger partial charge in [-0.3, -0.25) is 14.9 Å². The van der Waals surface area contributed by atoms with Crippen molar-refractivity contribution in [1.29, 1.82) is 0 Å². The maximum absolute atomic E-state index is 11.8. The molecule has 0 atom stereocenters. The molecule has 0 aliphatic heterocycles. The lowest BCUT2D eigenvalue weighted by molar-refractivity contribution is -0.384. The number of halogens is 1. The van der Waals surface area contributed by atoms with Crippen LogP contribution in [0.15, 0.2) is 47.6 Å². The summed E-state index contributed by atoms with van der Waals surface area (Å²) in [7, 11) is 0. The molecule has 0 aromatic heterocycles. The summed E-state index contributed by atoms with van der Waals surface area (Å²) in [6.45, 7) is 0. The number of rotatable bonds is 4. The zero-order valence-corrected chi connectivity index (χ0v) is 11.8. The van der Waals surface area contributed by atoms with Gasteiger partial charge in [-0.15, -0.1) is 0 Å². The van der Waals surface area contributed by atoms with E-state index < -0.39 is 10.8 Å². The summed E-state index contributed by atoms with van der Waals surface area (Å²) in [5.74, 6) is -0.729. The molecule has 112 valence electrons. The Balaban J connectivity index is 2.13. The maximum Gasteiger partial charge on any atom is 0.272 e. The number of amides is 1. The molecule has 1 amide bonds. The molecule has 0 radical (unpaired) electrons. The Kier molecular flexibility index (Phi) is 4.70. The van der Waals surface area contributed by atoms with Gasteiger partial charge in [-0.05, 0) is 18.2 Å². The molecule has 2 N–H and O–H groups in total. The summed E-state index contributed by atoms with van der Waals surface area (Å²) in [6, 6.07) is 9.90. The molecule has 0 fully saturated rings. The Morgan fingerprint density at radius 1 is 1.32 bits per heavy atom. The van der Waals surface area contributed by atoms with Crippen molar-refractivity contribution in [2.24, 2.45) is 5.10 Å². The zero-order chi connectivity index (χ0) is 16.1. The molecule has 2 aromatic carbocycles. The molecule has 0 bridgehead atoms. The molecule has 0 saturated carbocycles. The molecule has 7 nitrogen and oxygen atoms in total. The van der Waals surface area contributed by atoms with Gasteiger partial charge in [0.1, 0.15) is 5.75 Å². The predicted octanol–water partition coefficient (Wildman–Crippen LogP) is 2.72. The van der Waals surface area contributed by atoms with Gasteiger partial charge in [0.15, 0.2) is 0 Å². The topological polar surface area (TPSA) is 105 Å². The van der Waals surface area contributed by atoms with Crippen LogP contribution >= 0.6 is 11.6 Å². The highest BCUT2D eigenvalue weighted by molar-refractivity contribution is 6.33. The molecule has 0 unspecified atom stereocenters. The first kappa shape index (κ1) is 15.5. The van der Waals surface area contributed by atoms with Crippen molar-refractivity contribution >= 4 is 29.4 Å². The molecular formula is C14H10ClN3O4. The van der Waals surface area contributed by atoms with Gasteiger partial charge in [0.2, 0.25) is 0 Å². The highest BCUT2D eigenvalue weighted by Gasteiger charge is 2.10. The van der Waals surface area contributed by atoms with Crippen molar-refractivity contribution in [1.82, 2.24) is 5.43 Å². The second kappa shape index (κ2) is 6.68. The Morgan fingerprint density at radius 2 is 2.05 bits per heavy atom. The number of phenols is 1. The number of nitrogens with zero attached hydrogens (tertiary/aromatic N) is 2. The van der Waals surface area contributed by atoms with Crippen LogP contribution in [0.5, 0.6) is 5.75 Å². The monoisotopic (exact) mass is 319 g/mol. The van der Waals surface area contributed by atoms with Crippen LogP contribution in [0.25, 0.3) is 0 Å². The molecular weight excluding hydrogens is 310 g/mol. The SMILES string of the molecule is O=C(NN=Cc1cc([N+](=O)[O-])ccc1O)c1ccccc1Cl. The van der Waals surface area contributed by atoms with E-state index in [2.05, 4.69) is 10.5 Å². The van der Waals surface area contributed by atoms with E-state index in [1.54, 1.807) is 18.2 Å². The van der Waals surface area contributed by atoms with E-state index in [0.717, 1.165) is 18.3 Å². The van der Waals surface area contributed by atoms with Crippen LogP contribution in [0.3, 0.4) is 0 Å². The van der Waals surface area contributed by atoms with E-state index in [1.165, 1.54) is 12.1 Å². The number of benzene rings is 2. The van der Waals surface area contributed by atoms with Crippen LogP contribution in [0.4, 0.5) is 5.69 Å². The summed E-state index contributed by atoms with van der Waals surface area (Å²) in [4.78, 5) is 21.9. The third kappa shape index (κ3) is 3.58. The fourth-order valence-corrected chi connectivity index (χ4v) is 1.85. The van der Waals surface area contributed by atoms with Gasteiger partial charge < -0.3 is 5.11 Å². The summed E-state index contributed by atoms with van der Waals surface area (Å²) in [5, 5.41) is 24.2. The Labute approximate surface area is 130 Å². The fraction of sp³-hybridized carbons (Fsp3) is 0. The first-order valence-corrected chi connectivity index (χ1v) is 6.42. The average molecular weight is 320 g/mol. The summed E-state index contributed by atoms with van der Waals surface area (Å²) >= 11 is 5.87. The minimum atomic E-state index is -0.598. The minimum absolute atomic E-state index is 0.105. The molecule has 8 heteroatoms. The number of hydrogen-bond acceptors (Lipinski definition) is 5. The molecule has 2 rings (SSSR count). The third-order valence-electron chi connectivity index (χ3n) is 2.71. The zero-order valence-electron chi connectivity index (χ0n) is 11.1. The van der Waals surface area contributed by atoms with E-state index in [-0.39, 0.29) is 27.6 Å². The van der Waals surface area contributed by atoms with E-state index in [9.17, 15) is 20.0 Å². The summed E-state index contributed by atoms with van der Waals surface area (Å²) < 4.78 is 0. The molecule has 0 aliphatic rings. The number of carbonyl (C=O) groups excluding carboxylic acids is 1. The van der Waals surface area contributed by atoms with Gasteiger partial charge >= 0.3 is 0 Å². The Morgan fingerprint density at radius 3 is 2.73 bits per heavy atom. The maximum atomic E-state index is 11.8. The molecule has 0 aliphatic carbocycles. The predicted molar refractivity (Wildman–Crippen MR) is 81.3 cm³/mol. The number of nitrogens with one attached hydrogen (secondary N) is 1. The van der Waals surface area contributed by atoms with Gasteiger partial charge in [0.05, 0.1) is 21.7 Å². The van der Waals surface area contributed by atoms with Gasteiger partial charge in [0, 0.05) is 17.7 Å². The van der Waals surface area contributed by atoms with Crippen LogP contribution < -0.4 is 5.43 Å². The first-order valence-electron chi connectivity index (χ1n) is 6.04. The number of nitro groups is 1. The number of hydrogen-bond donors (Lipinski definition) is 2. The number of nitro benzene ring substituents is 1. The molecule has 0 heterocycles. The van der Waals surface area contributed by atoms with Crippen LogP contribution in [0.1, 0.15) is 15.9 Å². The number of carbonyl (C=O) groups is 1. The highest BCUT2D eigenvalue weighted by Crippen LogP contribution is 2.21. The van der Waals surface area contributed by atoms with Gasteiger partial charge in [-0.25, -0.2) is 5.43 Å². The van der Waals surface area contributed by atoms with E-state index in [1.807, 2.05) is 0 Å². The molecule has 2 aromatic rings. The van der Waals surface area contributed by atoms with E-state index >= 15 is 0 Å². The standard InChI is InChI=1S/C14H10ClN3O4/c15-12-4-2-1-3-11(12)14(20)17-16-8-9-7-10(18(21)22)5-6-13(9)19/h1-8,19H,(H,17,20). The Bertz CT molecular complexity index is 762. The van der Waals surface area contributed by atoms with Crippen LogP contribution in [0.2, 0.25) is 5.02 Å². The average Bonchev–Trinajstić information content (AvgIpc) is 2.49. The molecule has 22 heavy (non-hydrogen) atoms. The second-order valence-corrected chi connectivity index (χ2v) is 4.59. The quantitative estimate of drug-likeness (QED) is 0.513.